The highest BCUT2D eigenvalue weighted by molar-refractivity contribution is 7.92. The van der Waals surface area contributed by atoms with Crippen molar-refractivity contribution in [3.8, 4) is 11.5 Å². The van der Waals surface area contributed by atoms with Gasteiger partial charge < -0.3 is 4.42 Å². The van der Waals surface area contributed by atoms with Crippen molar-refractivity contribution in [3.63, 3.8) is 0 Å². The molecule has 2 aromatic carbocycles. The van der Waals surface area contributed by atoms with Crippen LogP contribution in [0.1, 0.15) is 5.56 Å². The molecule has 130 valence electrons. The van der Waals surface area contributed by atoms with E-state index < -0.39 is 10.0 Å². The monoisotopic (exact) mass is 365 g/mol. The molecule has 0 amide bonds. The van der Waals surface area contributed by atoms with Gasteiger partial charge in [-0.15, -0.1) is 0 Å². The van der Waals surface area contributed by atoms with Gasteiger partial charge in [0.15, 0.2) is 11.2 Å². The van der Waals surface area contributed by atoms with Gasteiger partial charge in [0.2, 0.25) is 5.89 Å². The number of anilines is 1. The first-order valence-corrected chi connectivity index (χ1v) is 9.41. The summed E-state index contributed by atoms with van der Waals surface area (Å²) in [5, 5.41) is 0. The number of oxazole rings is 1. The highest BCUT2D eigenvalue weighted by Crippen LogP contribution is 2.25. The first-order valence-electron chi connectivity index (χ1n) is 7.93. The zero-order valence-electron chi connectivity index (χ0n) is 13.9. The first kappa shape index (κ1) is 16.3. The summed E-state index contributed by atoms with van der Waals surface area (Å²) in [5.41, 5.74) is 3.34. The Kier molecular flexibility index (Phi) is 3.93. The third-order valence-electron chi connectivity index (χ3n) is 3.88. The zero-order chi connectivity index (χ0) is 18.1. The second-order valence-electron chi connectivity index (χ2n) is 5.84. The van der Waals surface area contributed by atoms with E-state index in [0.29, 0.717) is 22.8 Å². The summed E-state index contributed by atoms with van der Waals surface area (Å²) in [6.07, 6.45) is 1.65. The summed E-state index contributed by atoms with van der Waals surface area (Å²) in [7, 11) is -3.63. The van der Waals surface area contributed by atoms with Crippen molar-refractivity contribution in [2.24, 2.45) is 0 Å². The summed E-state index contributed by atoms with van der Waals surface area (Å²) >= 11 is 0. The van der Waals surface area contributed by atoms with Crippen LogP contribution in [0.5, 0.6) is 0 Å². The van der Waals surface area contributed by atoms with Crippen molar-refractivity contribution in [2.75, 3.05) is 4.72 Å². The Morgan fingerprint density at radius 2 is 1.69 bits per heavy atom. The van der Waals surface area contributed by atoms with Crippen LogP contribution in [0.4, 0.5) is 5.69 Å². The van der Waals surface area contributed by atoms with Gasteiger partial charge in [-0.05, 0) is 55.5 Å². The van der Waals surface area contributed by atoms with Crippen molar-refractivity contribution < 1.29 is 12.8 Å². The molecule has 4 aromatic rings. The number of hydrogen-bond acceptors (Lipinski definition) is 5. The molecule has 2 heterocycles. The minimum atomic E-state index is -3.63. The zero-order valence-corrected chi connectivity index (χ0v) is 14.7. The van der Waals surface area contributed by atoms with E-state index in [4.69, 9.17) is 4.42 Å². The molecule has 0 aliphatic carbocycles. The standard InChI is InChI=1S/C19H15N3O3S/c1-13-4-10-16(11-5-13)26(23,24)22-15-8-6-14(7-9-15)19-21-18-17(25-19)3-2-12-20-18/h2-12,22H,1H3. The van der Waals surface area contributed by atoms with Crippen molar-refractivity contribution in [1.29, 1.82) is 0 Å². The van der Waals surface area contributed by atoms with Gasteiger partial charge in [-0.1, -0.05) is 17.7 Å². The fourth-order valence-corrected chi connectivity index (χ4v) is 3.56. The lowest BCUT2D eigenvalue weighted by molar-refractivity contribution is 0.601. The first-order chi connectivity index (χ1) is 12.5. The predicted molar refractivity (Wildman–Crippen MR) is 99.2 cm³/mol. The maximum Gasteiger partial charge on any atom is 0.261 e. The molecule has 0 bridgehead atoms. The van der Waals surface area contributed by atoms with E-state index in [2.05, 4.69) is 14.7 Å². The predicted octanol–water partition coefficient (Wildman–Crippen LogP) is 4.00. The van der Waals surface area contributed by atoms with E-state index in [9.17, 15) is 8.42 Å². The Labute approximate surface area is 150 Å². The Balaban J connectivity index is 1.58. The average Bonchev–Trinajstić information content (AvgIpc) is 3.06. The van der Waals surface area contributed by atoms with Crippen LogP contribution in [0.3, 0.4) is 0 Å². The van der Waals surface area contributed by atoms with E-state index in [1.165, 1.54) is 0 Å². The molecule has 0 aliphatic rings. The quantitative estimate of drug-likeness (QED) is 0.591. The minimum Gasteiger partial charge on any atom is -0.434 e. The highest BCUT2D eigenvalue weighted by atomic mass is 32.2. The third kappa shape index (κ3) is 3.16. The number of sulfonamides is 1. The number of hydrogen-bond donors (Lipinski definition) is 1. The van der Waals surface area contributed by atoms with Gasteiger partial charge in [0.25, 0.3) is 10.0 Å². The number of fused-ring (bicyclic) bond motifs is 1. The Morgan fingerprint density at radius 3 is 2.38 bits per heavy atom. The molecule has 0 saturated heterocycles. The summed E-state index contributed by atoms with van der Waals surface area (Å²) in [6, 6.07) is 17.1. The number of pyridine rings is 1. The topological polar surface area (TPSA) is 85.1 Å². The number of nitrogens with zero attached hydrogens (tertiary/aromatic N) is 2. The van der Waals surface area contributed by atoms with Crippen LogP contribution in [-0.4, -0.2) is 18.4 Å². The molecule has 2 aromatic heterocycles. The maximum absolute atomic E-state index is 12.4. The molecule has 4 rings (SSSR count). The number of rotatable bonds is 4. The fraction of sp³-hybridized carbons (Fsp3) is 0.0526. The smallest absolute Gasteiger partial charge is 0.261 e. The lowest BCUT2D eigenvalue weighted by Gasteiger charge is -2.08. The fourth-order valence-electron chi connectivity index (χ4n) is 2.50. The van der Waals surface area contributed by atoms with Crippen molar-refractivity contribution in [3.05, 3.63) is 72.4 Å². The van der Waals surface area contributed by atoms with Crippen molar-refractivity contribution in [1.82, 2.24) is 9.97 Å². The minimum absolute atomic E-state index is 0.220. The van der Waals surface area contributed by atoms with Gasteiger partial charge in [0.1, 0.15) is 0 Å². The molecule has 0 fully saturated rings. The van der Waals surface area contributed by atoms with Gasteiger partial charge in [-0.25, -0.2) is 13.4 Å². The SMILES string of the molecule is Cc1ccc(S(=O)(=O)Nc2ccc(-c3nc4ncccc4o3)cc2)cc1. The van der Waals surface area contributed by atoms with E-state index in [1.807, 2.05) is 6.92 Å². The molecule has 7 heteroatoms. The largest absolute Gasteiger partial charge is 0.434 e. The average molecular weight is 365 g/mol. The highest BCUT2D eigenvalue weighted by Gasteiger charge is 2.14. The molecule has 0 unspecified atom stereocenters. The number of benzene rings is 2. The van der Waals surface area contributed by atoms with E-state index in [-0.39, 0.29) is 4.90 Å². The number of nitrogens with one attached hydrogen (secondary N) is 1. The van der Waals surface area contributed by atoms with Crippen LogP contribution in [0.2, 0.25) is 0 Å². The second-order valence-corrected chi connectivity index (χ2v) is 7.52. The Hall–Kier alpha value is -3.19. The molecule has 0 radical (unpaired) electrons. The molecule has 1 N–H and O–H groups in total. The summed E-state index contributed by atoms with van der Waals surface area (Å²) in [6.45, 7) is 1.91. The normalized spacial score (nSPS) is 11.6. The van der Waals surface area contributed by atoms with Crippen molar-refractivity contribution >= 4 is 26.9 Å². The lowest BCUT2D eigenvalue weighted by Crippen LogP contribution is -2.12. The van der Waals surface area contributed by atoms with Crippen LogP contribution in [0.25, 0.3) is 22.7 Å². The third-order valence-corrected chi connectivity index (χ3v) is 5.28. The molecule has 0 spiro atoms. The number of aromatic nitrogens is 2. The molecular formula is C19H15N3O3S. The van der Waals surface area contributed by atoms with E-state index >= 15 is 0 Å². The Bertz CT molecular complexity index is 1130. The van der Waals surface area contributed by atoms with Gasteiger partial charge in [0.05, 0.1) is 4.90 Å². The number of aryl methyl sites for hydroxylation is 1. The second kappa shape index (κ2) is 6.27. The van der Waals surface area contributed by atoms with Gasteiger partial charge >= 0.3 is 0 Å². The molecule has 0 saturated carbocycles. The summed E-state index contributed by atoms with van der Waals surface area (Å²) in [5.74, 6) is 0.437. The van der Waals surface area contributed by atoms with Crippen LogP contribution >= 0.6 is 0 Å². The van der Waals surface area contributed by atoms with Crippen LogP contribution in [0.15, 0.2) is 76.2 Å². The molecule has 26 heavy (non-hydrogen) atoms. The molecule has 0 atom stereocenters. The van der Waals surface area contributed by atoms with Gasteiger partial charge in [-0.3, -0.25) is 4.72 Å². The van der Waals surface area contributed by atoms with Crippen LogP contribution in [0, 0.1) is 6.92 Å². The molecule has 0 aliphatic heterocycles. The van der Waals surface area contributed by atoms with Gasteiger partial charge in [-0.2, -0.15) is 4.98 Å². The lowest BCUT2D eigenvalue weighted by atomic mass is 10.2. The molecule has 6 nitrogen and oxygen atoms in total. The van der Waals surface area contributed by atoms with E-state index in [1.54, 1.807) is 66.9 Å². The van der Waals surface area contributed by atoms with Gasteiger partial charge in [0, 0.05) is 17.4 Å². The maximum atomic E-state index is 12.4. The van der Waals surface area contributed by atoms with E-state index in [0.717, 1.165) is 11.1 Å². The van der Waals surface area contributed by atoms with Crippen molar-refractivity contribution in [2.45, 2.75) is 11.8 Å². The Morgan fingerprint density at radius 1 is 0.962 bits per heavy atom. The summed E-state index contributed by atoms with van der Waals surface area (Å²) < 4.78 is 33.1. The molecular weight excluding hydrogens is 350 g/mol. The summed E-state index contributed by atoms with van der Waals surface area (Å²) in [4.78, 5) is 8.68. The van der Waals surface area contributed by atoms with Crippen LogP contribution in [-0.2, 0) is 10.0 Å². The van der Waals surface area contributed by atoms with Crippen LogP contribution < -0.4 is 4.72 Å².